The van der Waals surface area contributed by atoms with Gasteiger partial charge in [0.2, 0.25) is 0 Å². The Morgan fingerprint density at radius 1 is 0.368 bits per heavy atom. The quantitative estimate of drug-likeness (QED) is 0.0265. The number of ether oxygens (including phenoxy) is 3. The minimum atomic E-state index is -0.789. The van der Waals surface area contributed by atoms with E-state index in [1.807, 2.05) is 0 Å². The number of carbonyl (C=O) groups excluding carboxylic acids is 3. The van der Waals surface area contributed by atoms with Gasteiger partial charge in [0.25, 0.3) is 0 Å². The highest BCUT2D eigenvalue weighted by molar-refractivity contribution is 5.71. The highest BCUT2D eigenvalue weighted by Crippen LogP contribution is 2.13. The summed E-state index contributed by atoms with van der Waals surface area (Å²) in [5.74, 6) is -0.940. The zero-order chi connectivity index (χ0) is 41.5. The van der Waals surface area contributed by atoms with Crippen LogP contribution in [-0.4, -0.2) is 37.2 Å². The first kappa shape index (κ1) is 53.9. The van der Waals surface area contributed by atoms with Crippen molar-refractivity contribution in [3.63, 3.8) is 0 Å². The summed E-state index contributed by atoms with van der Waals surface area (Å²) >= 11 is 0. The average molecular weight is 795 g/mol. The van der Waals surface area contributed by atoms with Gasteiger partial charge >= 0.3 is 17.9 Å². The van der Waals surface area contributed by atoms with E-state index in [1.165, 1.54) is 64.2 Å². The van der Waals surface area contributed by atoms with Gasteiger partial charge in [-0.2, -0.15) is 0 Å². The molecule has 0 amide bonds. The van der Waals surface area contributed by atoms with Crippen LogP contribution in [0.15, 0.2) is 72.9 Å². The normalized spacial score (nSPS) is 12.7. The van der Waals surface area contributed by atoms with Crippen LogP contribution in [0.5, 0.6) is 0 Å². The Hall–Kier alpha value is -3.15. The standard InChI is InChI=1S/C51H86O6/c1-4-7-10-13-16-19-21-22-23-24-25-26-27-28-30-32-35-38-41-44-50(53)56-47-48(46-55-49(52)43-40-37-34-31-18-15-12-9-6-3)57-51(54)45-42-39-36-33-29-20-17-14-11-8-5-2/h7,10,14,16-17,19,22-23,25-26,28,30,48H,4-6,8-9,11-13,15,18,20-21,24,27,29,31-47H2,1-3H3/b10-7-,17-14-,19-16-,23-22-,26-25-,30-28-. The Morgan fingerprint density at radius 2 is 0.702 bits per heavy atom. The second-order valence-electron chi connectivity index (χ2n) is 15.3. The average Bonchev–Trinajstić information content (AvgIpc) is 3.21. The largest absolute Gasteiger partial charge is 0.462 e. The third-order valence-electron chi connectivity index (χ3n) is 9.70. The van der Waals surface area contributed by atoms with Crippen LogP contribution in [0.1, 0.15) is 213 Å². The van der Waals surface area contributed by atoms with Crippen LogP contribution < -0.4 is 0 Å². The first-order valence-electron chi connectivity index (χ1n) is 23.4. The molecule has 0 heterocycles. The van der Waals surface area contributed by atoms with Gasteiger partial charge in [-0.05, 0) is 83.5 Å². The lowest BCUT2D eigenvalue weighted by Crippen LogP contribution is -2.30. The number of unbranched alkanes of at least 4 members (excludes halogenated alkanes) is 18. The summed E-state index contributed by atoms with van der Waals surface area (Å²) in [4.78, 5) is 37.7. The summed E-state index contributed by atoms with van der Waals surface area (Å²) in [5, 5.41) is 0. The van der Waals surface area contributed by atoms with Crippen molar-refractivity contribution in [1.82, 2.24) is 0 Å². The Bertz CT molecular complexity index is 1100. The van der Waals surface area contributed by atoms with Gasteiger partial charge in [-0.3, -0.25) is 14.4 Å². The first-order chi connectivity index (χ1) is 28.0. The molecule has 0 aromatic rings. The van der Waals surface area contributed by atoms with E-state index in [-0.39, 0.29) is 31.1 Å². The van der Waals surface area contributed by atoms with Crippen molar-refractivity contribution in [2.75, 3.05) is 13.2 Å². The number of hydrogen-bond donors (Lipinski definition) is 0. The highest BCUT2D eigenvalue weighted by atomic mass is 16.6. The lowest BCUT2D eigenvalue weighted by molar-refractivity contribution is -0.167. The monoisotopic (exact) mass is 795 g/mol. The van der Waals surface area contributed by atoms with E-state index >= 15 is 0 Å². The fraction of sp³-hybridized carbons (Fsp3) is 0.706. The third kappa shape index (κ3) is 43.8. The van der Waals surface area contributed by atoms with Crippen LogP contribution in [0.3, 0.4) is 0 Å². The maximum Gasteiger partial charge on any atom is 0.306 e. The zero-order valence-corrected chi connectivity index (χ0v) is 37.1. The number of carbonyl (C=O) groups is 3. The van der Waals surface area contributed by atoms with Gasteiger partial charge in [-0.25, -0.2) is 0 Å². The Morgan fingerprint density at radius 3 is 1.16 bits per heavy atom. The number of rotatable bonds is 41. The van der Waals surface area contributed by atoms with Crippen molar-refractivity contribution < 1.29 is 28.6 Å². The molecule has 0 radical (unpaired) electrons. The molecule has 0 saturated heterocycles. The van der Waals surface area contributed by atoms with Crippen molar-refractivity contribution in [3.05, 3.63) is 72.9 Å². The molecule has 6 heteroatoms. The molecule has 0 aromatic heterocycles. The van der Waals surface area contributed by atoms with Gasteiger partial charge in [0.05, 0.1) is 0 Å². The van der Waals surface area contributed by atoms with Crippen LogP contribution in [0.2, 0.25) is 0 Å². The zero-order valence-electron chi connectivity index (χ0n) is 37.1. The second-order valence-corrected chi connectivity index (χ2v) is 15.3. The first-order valence-corrected chi connectivity index (χ1v) is 23.4. The van der Waals surface area contributed by atoms with Gasteiger partial charge < -0.3 is 14.2 Å². The molecule has 0 aromatic carbocycles. The van der Waals surface area contributed by atoms with E-state index in [2.05, 4.69) is 93.7 Å². The number of hydrogen-bond acceptors (Lipinski definition) is 6. The van der Waals surface area contributed by atoms with Crippen LogP contribution in [0, 0.1) is 0 Å². The van der Waals surface area contributed by atoms with Gasteiger partial charge in [0.15, 0.2) is 6.10 Å². The molecular weight excluding hydrogens is 709 g/mol. The summed E-state index contributed by atoms with van der Waals surface area (Å²) < 4.78 is 16.7. The Labute approximate surface area is 351 Å². The van der Waals surface area contributed by atoms with E-state index in [9.17, 15) is 14.4 Å². The highest BCUT2D eigenvalue weighted by Gasteiger charge is 2.19. The molecule has 0 N–H and O–H groups in total. The number of allylic oxidation sites excluding steroid dienone is 12. The van der Waals surface area contributed by atoms with Crippen molar-refractivity contribution in [1.29, 1.82) is 0 Å². The summed E-state index contributed by atoms with van der Waals surface area (Å²) in [6.07, 6.45) is 56.0. The van der Waals surface area contributed by atoms with Crippen molar-refractivity contribution in [2.45, 2.75) is 219 Å². The van der Waals surface area contributed by atoms with E-state index in [0.717, 1.165) is 109 Å². The molecule has 0 bridgehead atoms. The maximum atomic E-state index is 12.7. The molecule has 0 aliphatic heterocycles. The molecular formula is C51H86O6. The Balaban J connectivity index is 4.39. The van der Waals surface area contributed by atoms with Crippen molar-refractivity contribution >= 4 is 17.9 Å². The Kier molecular flexibility index (Phi) is 43.0. The van der Waals surface area contributed by atoms with Gasteiger partial charge in [0, 0.05) is 19.3 Å². The molecule has 0 aliphatic rings. The molecule has 1 unspecified atom stereocenters. The number of esters is 3. The molecule has 0 fully saturated rings. The predicted molar refractivity (Wildman–Crippen MR) is 242 cm³/mol. The predicted octanol–water partition coefficient (Wildman–Crippen LogP) is 15.1. The smallest absolute Gasteiger partial charge is 0.306 e. The van der Waals surface area contributed by atoms with Gasteiger partial charge in [-0.15, -0.1) is 0 Å². The fourth-order valence-electron chi connectivity index (χ4n) is 6.15. The van der Waals surface area contributed by atoms with Crippen LogP contribution in [0.25, 0.3) is 0 Å². The fourth-order valence-corrected chi connectivity index (χ4v) is 6.15. The second kappa shape index (κ2) is 45.6. The van der Waals surface area contributed by atoms with Crippen molar-refractivity contribution in [3.8, 4) is 0 Å². The van der Waals surface area contributed by atoms with Gasteiger partial charge in [-0.1, -0.05) is 184 Å². The molecule has 57 heavy (non-hydrogen) atoms. The molecule has 0 rings (SSSR count). The van der Waals surface area contributed by atoms with E-state index in [0.29, 0.717) is 19.3 Å². The van der Waals surface area contributed by atoms with E-state index in [1.54, 1.807) is 0 Å². The topological polar surface area (TPSA) is 78.9 Å². The molecule has 6 nitrogen and oxygen atoms in total. The lowest BCUT2D eigenvalue weighted by Gasteiger charge is -2.18. The van der Waals surface area contributed by atoms with Crippen LogP contribution in [-0.2, 0) is 28.6 Å². The summed E-state index contributed by atoms with van der Waals surface area (Å²) in [5.41, 5.74) is 0. The summed E-state index contributed by atoms with van der Waals surface area (Å²) in [7, 11) is 0. The molecule has 1 atom stereocenters. The van der Waals surface area contributed by atoms with Crippen LogP contribution >= 0.6 is 0 Å². The third-order valence-corrected chi connectivity index (χ3v) is 9.70. The minimum absolute atomic E-state index is 0.0890. The van der Waals surface area contributed by atoms with Gasteiger partial charge in [0.1, 0.15) is 13.2 Å². The SMILES string of the molecule is CC/C=C\C/C=C\C/C=C\C/C=C\C/C=C\CCCCCC(=O)OCC(COC(=O)CCCCCCCCCCC)OC(=O)CCCCCCC/C=C\CCCC. The van der Waals surface area contributed by atoms with Crippen LogP contribution in [0.4, 0.5) is 0 Å². The molecule has 0 spiro atoms. The van der Waals surface area contributed by atoms with E-state index in [4.69, 9.17) is 14.2 Å². The summed E-state index contributed by atoms with van der Waals surface area (Å²) in [6, 6.07) is 0. The lowest BCUT2D eigenvalue weighted by atomic mass is 10.1. The molecule has 0 aliphatic carbocycles. The molecule has 0 saturated carbocycles. The molecule has 326 valence electrons. The summed E-state index contributed by atoms with van der Waals surface area (Å²) in [6.45, 7) is 6.41. The van der Waals surface area contributed by atoms with Crippen molar-refractivity contribution in [2.24, 2.45) is 0 Å². The van der Waals surface area contributed by atoms with E-state index < -0.39 is 6.10 Å². The maximum absolute atomic E-state index is 12.7. The minimum Gasteiger partial charge on any atom is -0.462 e.